The van der Waals surface area contributed by atoms with Gasteiger partial charge in [-0.25, -0.2) is 9.37 Å². The van der Waals surface area contributed by atoms with Crippen LogP contribution in [0.5, 0.6) is 5.75 Å². The second-order valence-electron chi connectivity index (χ2n) is 6.78. The molecule has 0 saturated heterocycles. The number of halogens is 1. The van der Waals surface area contributed by atoms with Gasteiger partial charge in [0.05, 0.1) is 29.8 Å². The van der Waals surface area contributed by atoms with E-state index >= 15 is 0 Å². The number of nitrogens with one attached hydrogen (secondary N) is 1. The topological polar surface area (TPSA) is 77.2 Å². The Labute approximate surface area is 156 Å². The molecule has 3 rings (SSSR count). The second-order valence-corrected chi connectivity index (χ2v) is 6.78. The summed E-state index contributed by atoms with van der Waals surface area (Å²) in [4.78, 5) is 17.4. The molecule has 1 amide bonds. The Kier molecular flexibility index (Phi) is 5.12. The maximum atomic E-state index is 13.7. The molecule has 0 aliphatic rings. The number of aryl methyl sites for hydroxylation is 1. The zero-order chi connectivity index (χ0) is 19.7. The van der Waals surface area contributed by atoms with Crippen molar-refractivity contribution in [3.63, 3.8) is 0 Å². The van der Waals surface area contributed by atoms with Crippen LogP contribution in [0.15, 0.2) is 28.8 Å². The fourth-order valence-corrected chi connectivity index (χ4v) is 2.98. The summed E-state index contributed by atoms with van der Waals surface area (Å²) >= 11 is 0. The molecule has 0 aliphatic carbocycles. The Balaban J connectivity index is 1.99. The molecule has 6 nitrogen and oxygen atoms in total. The number of carbonyl (C=O) groups excluding carboxylic acids is 1. The maximum Gasteiger partial charge on any atom is 0.259 e. The highest BCUT2D eigenvalue weighted by Crippen LogP contribution is 2.28. The molecule has 1 unspecified atom stereocenters. The first-order valence-electron chi connectivity index (χ1n) is 8.73. The number of ether oxygens (including phenoxy) is 1. The van der Waals surface area contributed by atoms with E-state index in [1.54, 1.807) is 26.0 Å². The Bertz CT molecular complexity index is 998. The third-order valence-electron chi connectivity index (χ3n) is 4.48. The molecule has 1 aromatic carbocycles. The normalized spacial score (nSPS) is 12.4. The molecule has 7 heteroatoms. The van der Waals surface area contributed by atoms with Gasteiger partial charge in [0.2, 0.25) is 0 Å². The third-order valence-corrected chi connectivity index (χ3v) is 4.48. The lowest BCUT2D eigenvalue weighted by atomic mass is 10.0. The number of hydrogen-bond donors (Lipinski definition) is 1. The number of methoxy groups -OCH3 is 1. The van der Waals surface area contributed by atoms with E-state index in [2.05, 4.69) is 15.5 Å². The lowest BCUT2D eigenvalue weighted by Crippen LogP contribution is -2.27. The summed E-state index contributed by atoms with van der Waals surface area (Å²) in [6, 6.07) is 5.50. The van der Waals surface area contributed by atoms with Crippen molar-refractivity contribution >= 4 is 17.0 Å². The largest absolute Gasteiger partial charge is 0.496 e. The summed E-state index contributed by atoms with van der Waals surface area (Å²) in [5.74, 6) is -0.0789. The zero-order valence-corrected chi connectivity index (χ0v) is 16.0. The Morgan fingerprint density at radius 2 is 2.00 bits per heavy atom. The van der Waals surface area contributed by atoms with E-state index in [1.807, 2.05) is 13.8 Å². The highest BCUT2D eigenvalue weighted by Gasteiger charge is 2.22. The molecule has 0 fully saturated rings. The minimum absolute atomic E-state index is 0.118. The van der Waals surface area contributed by atoms with Crippen LogP contribution in [0.25, 0.3) is 11.1 Å². The van der Waals surface area contributed by atoms with Crippen LogP contribution in [-0.2, 0) is 0 Å². The van der Waals surface area contributed by atoms with E-state index in [0.717, 1.165) is 5.69 Å². The molecule has 0 radical (unpaired) electrons. The summed E-state index contributed by atoms with van der Waals surface area (Å²) in [5.41, 5.74) is 2.65. The molecular weight excluding hydrogens is 349 g/mol. The van der Waals surface area contributed by atoms with E-state index in [4.69, 9.17) is 9.26 Å². The van der Waals surface area contributed by atoms with Crippen molar-refractivity contribution in [3.05, 3.63) is 52.6 Å². The predicted molar refractivity (Wildman–Crippen MR) is 99.5 cm³/mol. The van der Waals surface area contributed by atoms with Crippen molar-refractivity contribution in [1.29, 1.82) is 0 Å². The van der Waals surface area contributed by atoms with Crippen LogP contribution < -0.4 is 10.1 Å². The summed E-state index contributed by atoms with van der Waals surface area (Å²) in [6.07, 6.45) is 0. The molecule has 2 heterocycles. The number of rotatable bonds is 5. The highest BCUT2D eigenvalue weighted by atomic mass is 19.1. The van der Waals surface area contributed by atoms with E-state index in [-0.39, 0.29) is 11.8 Å². The average Bonchev–Trinajstić information content (AvgIpc) is 3.01. The number of pyridine rings is 1. The first-order chi connectivity index (χ1) is 12.8. The molecule has 2 aromatic heterocycles. The van der Waals surface area contributed by atoms with Crippen LogP contribution in [0, 0.1) is 12.7 Å². The van der Waals surface area contributed by atoms with Crippen molar-refractivity contribution in [2.24, 2.45) is 0 Å². The van der Waals surface area contributed by atoms with Gasteiger partial charge in [0, 0.05) is 11.3 Å². The number of nitrogens with zero attached hydrogens (tertiary/aromatic N) is 2. The summed E-state index contributed by atoms with van der Waals surface area (Å²) in [6.45, 7) is 7.51. The smallest absolute Gasteiger partial charge is 0.259 e. The van der Waals surface area contributed by atoms with E-state index in [0.29, 0.717) is 33.7 Å². The third kappa shape index (κ3) is 3.63. The van der Waals surface area contributed by atoms with Crippen LogP contribution in [0.1, 0.15) is 60.0 Å². The standard InChI is InChI=1S/C20H22FN3O3/c1-10(2)16-9-15(18-12(4)24-27-20(18)23-16)19(25)22-11(3)14-8-13(21)6-7-17(14)26-5/h6-11H,1-5H3,(H,22,25). The van der Waals surface area contributed by atoms with E-state index in [9.17, 15) is 9.18 Å². The van der Waals surface area contributed by atoms with Gasteiger partial charge in [-0.3, -0.25) is 4.79 Å². The van der Waals surface area contributed by atoms with Gasteiger partial charge in [-0.1, -0.05) is 19.0 Å². The highest BCUT2D eigenvalue weighted by molar-refractivity contribution is 6.06. The summed E-state index contributed by atoms with van der Waals surface area (Å²) in [7, 11) is 1.51. The van der Waals surface area contributed by atoms with Crippen molar-refractivity contribution in [2.75, 3.05) is 7.11 Å². The van der Waals surface area contributed by atoms with Gasteiger partial charge in [-0.05, 0) is 44.0 Å². The van der Waals surface area contributed by atoms with Crippen molar-refractivity contribution in [2.45, 2.75) is 39.7 Å². The van der Waals surface area contributed by atoms with Crippen molar-refractivity contribution in [1.82, 2.24) is 15.5 Å². The van der Waals surface area contributed by atoms with Gasteiger partial charge < -0.3 is 14.6 Å². The minimum atomic E-state index is -0.464. The van der Waals surface area contributed by atoms with Crippen LogP contribution in [0.4, 0.5) is 4.39 Å². The lowest BCUT2D eigenvalue weighted by molar-refractivity contribution is 0.0941. The van der Waals surface area contributed by atoms with Crippen LogP contribution in [0.2, 0.25) is 0 Å². The monoisotopic (exact) mass is 371 g/mol. The Morgan fingerprint density at radius 3 is 2.67 bits per heavy atom. The predicted octanol–water partition coefficient (Wildman–Crippen LogP) is 4.29. The second kappa shape index (κ2) is 7.34. The van der Waals surface area contributed by atoms with Crippen molar-refractivity contribution < 1.29 is 18.4 Å². The fraction of sp³-hybridized carbons (Fsp3) is 0.350. The van der Waals surface area contributed by atoms with Crippen LogP contribution >= 0.6 is 0 Å². The van der Waals surface area contributed by atoms with Gasteiger partial charge in [0.15, 0.2) is 0 Å². The molecule has 27 heavy (non-hydrogen) atoms. The molecule has 142 valence electrons. The van der Waals surface area contributed by atoms with E-state index in [1.165, 1.54) is 19.2 Å². The molecule has 0 aliphatic heterocycles. The number of hydrogen-bond acceptors (Lipinski definition) is 5. The van der Waals surface area contributed by atoms with Crippen LogP contribution in [-0.4, -0.2) is 23.2 Å². The molecule has 3 aromatic rings. The first kappa shape index (κ1) is 18.8. The first-order valence-corrected chi connectivity index (χ1v) is 8.73. The van der Waals surface area contributed by atoms with E-state index < -0.39 is 11.9 Å². The number of aromatic nitrogens is 2. The zero-order valence-electron chi connectivity index (χ0n) is 16.0. The molecule has 0 spiro atoms. The average molecular weight is 371 g/mol. The number of amides is 1. The summed E-state index contributed by atoms with van der Waals surface area (Å²) in [5, 5.41) is 7.41. The Hall–Kier alpha value is -2.96. The molecule has 1 atom stereocenters. The Morgan fingerprint density at radius 1 is 1.26 bits per heavy atom. The lowest BCUT2D eigenvalue weighted by Gasteiger charge is -2.18. The number of fused-ring (bicyclic) bond motifs is 1. The van der Waals surface area contributed by atoms with Gasteiger partial charge in [0.25, 0.3) is 11.6 Å². The molecule has 1 N–H and O–H groups in total. The van der Waals surface area contributed by atoms with Gasteiger partial charge in [-0.2, -0.15) is 0 Å². The molecular formula is C20H22FN3O3. The maximum absolute atomic E-state index is 13.7. The van der Waals surface area contributed by atoms with Crippen molar-refractivity contribution in [3.8, 4) is 5.75 Å². The van der Waals surface area contributed by atoms with Gasteiger partial charge in [-0.15, -0.1) is 0 Å². The number of carbonyl (C=O) groups is 1. The van der Waals surface area contributed by atoms with Gasteiger partial charge in [0.1, 0.15) is 11.6 Å². The quantitative estimate of drug-likeness (QED) is 0.724. The number of benzene rings is 1. The van der Waals surface area contributed by atoms with Crippen LogP contribution in [0.3, 0.4) is 0 Å². The molecule has 0 saturated carbocycles. The molecule has 0 bridgehead atoms. The van der Waals surface area contributed by atoms with Gasteiger partial charge >= 0.3 is 0 Å². The minimum Gasteiger partial charge on any atom is -0.496 e. The summed E-state index contributed by atoms with van der Waals surface area (Å²) < 4.78 is 24.2. The fourth-order valence-electron chi connectivity index (χ4n) is 2.98. The SMILES string of the molecule is COc1ccc(F)cc1C(C)NC(=O)c1cc(C(C)C)nc2onc(C)c12.